The van der Waals surface area contributed by atoms with Crippen LogP contribution in [-0.2, 0) is 0 Å². The molecule has 1 aliphatic rings. The first kappa shape index (κ1) is 7.74. The Bertz CT molecular complexity index is 97.5. The Hall–Kier alpha value is -1.26. The maximum absolute atomic E-state index is 6.06. The summed E-state index contributed by atoms with van der Waals surface area (Å²) in [6.45, 7) is 1.99. The highest BCUT2D eigenvalue weighted by Gasteiger charge is 1.82. The summed E-state index contributed by atoms with van der Waals surface area (Å²) in [6, 6.07) is 0. The van der Waals surface area contributed by atoms with Crippen LogP contribution in [0.4, 0.5) is 0 Å². The maximum atomic E-state index is 6.06. The Labute approximate surface area is 53.6 Å². The fourth-order valence-electron chi connectivity index (χ4n) is 0.323. The van der Waals surface area contributed by atoms with Crippen LogP contribution in [0, 0.1) is 5.41 Å². The first-order valence-electron chi connectivity index (χ1n) is 2.54. The minimum Gasteiger partial charge on any atom is -0.375 e. The van der Waals surface area contributed by atoms with Crippen molar-refractivity contribution < 1.29 is 0 Å². The van der Waals surface area contributed by atoms with E-state index in [4.69, 9.17) is 5.41 Å². The lowest BCUT2D eigenvalue weighted by atomic mass is 10.7. The van der Waals surface area contributed by atoms with E-state index >= 15 is 0 Å². The molecule has 5 nitrogen and oxygen atoms in total. The molecular weight excluding hydrogens is 118 g/mol. The van der Waals surface area contributed by atoms with E-state index in [0.29, 0.717) is 0 Å². The molecule has 0 aromatic rings. The molecule has 0 radical (unpaired) electrons. The number of nitrogens with two attached hydrogens (primary N) is 2. The van der Waals surface area contributed by atoms with Crippen LogP contribution in [0.3, 0.4) is 0 Å². The molecule has 1 rings (SSSR count). The lowest BCUT2D eigenvalue weighted by Crippen LogP contribution is -2.20. The maximum Gasteiger partial charge on any atom is 0.183 e. The van der Waals surface area contributed by atoms with Crippen molar-refractivity contribution in [3.05, 3.63) is 0 Å². The Morgan fingerprint density at radius 1 is 1.67 bits per heavy atom. The van der Waals surface area contributed by atoms with E-state index < -0.39 is 0 Å². The van der Waals surface area contributed by atoms with Gasteiger partial charge in [0.15, 0.2) is 5.96 Å². The van der Waals surface area contributed by atoms with Gasteiger partial charge in [-0.2, -0.15) is 0 Å². The summed E-state index contributed by atoms with van der Waals surface area (Å²) in [5.41, 5.74) is 8.94. The van der Waals surface area contributed by atoms with Gasteiger partial charge in [0.25, 0.3) is 0 Å². The molecular formula is C4H11N5. The standard InChI is InChI=1S/C3H6N2.CH5N3/c1-2-5-3-4-1;2-1(3)4/h3H,1-2H2,(H,4,5);(H5,2,3,4). The SMILES string of the molecule is C1=NCCN1.N=C(N)N. The topological polar surface area (TPSA) is 100 Å². The van der Waals surface area contributed by atoms with E-state index in [1.165, 1.54) is 0 Å². The summed E-state index contributed by atoms with van der Waals surface area (Å²) in [4.78, 5) is 3.85. The zero-order chi connectivity index (χ0) is 7.11. The van der Waals surface area contributed by atoms with Gasteiger partial charge in [0, 0.05) is 6.54 Å². The van der Waals surface area contributed by atoms with E-state index in [1.807, 2.05) is 0 Å². The normalized spacial score (nSPS) is 13.3. The van der Waals surface area contributed by atoms with Crippen molar-refractivity contribution in [3.63, 3.8) is 0 Å². The average Bonchev–Trinajstić information content (AvgIpc) is 2.11. The molecule has 5 heteroatoms. The fraction of sp³-hybridized carbons (Fsp3) is 0.500. The second-order valence-corrected chi connectivity index (χ2v) is 1.44. The Morgan fingerprint density at radius 3 is 2.33 bits per heavy atom. The van der Waals surface area contributed by atoms with E-state index in [0.717, 1.165) is 13.1 Å². The minimum absolute atomic E-state index is 0.333. The Kier molecular flexibility index (Phi) is 4.20. The third kappa shape index (κ3) is 10.8. The molecule has 0 atom stereocenters. The molecule has 52 valence electrons. The van der Waals surface area contributed by atoms with E-state index in [9.17, 15) is 0 Å². The van der Waals surface area contributed by atoms with Gasteiger partial charge in [0.05, 0.1) is 12.9 Å². The average molecular weight is 129 g/mol. The van der Waals surface area contributed by atoms with Crippen molar-refractivity contribution >= 4 is 12.3 Å². The predicted molar refractivity (Wildman–Crippen MR) is 37.5 cm³/mol. The van der Waals surface area contributed by atoms with Crippen LogP contribution in [0.15, 0.2) is 4.99 Å². The van der Waals surface area contributed by atoms with Crippen molar-refractivity contribution in [3.8, 4) is 0 Å². The molecule has 9 heavy (non-hydrogen) atoms. The Morgan fingerprint density at radius 2 is 2.22 bits per heavy atom. The van der Waals surface area contributed by atoms with Crippen LogP contribution >= 0.6 is 0 Å². The van der Waals surface area contributed by atoms with Crippen LogP contribution in [0.25, 0.3) is 0 Å². The van der Waals surface area contributed by atoms with Gasteiger partial charge in [-0.3, -0.25) is 10.4 Å². The largest absolute Gasteiger partial charge is 0.375 e. The number of guanidine groups is 1. The van der Waals surface area contributed by atoms with Crippen molar-refractivity contribution in [1.82, 2.24) is 5.32 Å². The monoisotopic (exact) mass is 129 g/mol. The molecule has 0 fully saturated rings. The molecule has 0 aromatic carbocycles. The van der Waals surface area contributed by atoms with Gasteiger partial charge >= 0.3 is 0 Å². The van der Waals surface area contributed by atoms with Gasteiger partial charge in [0.2, 0.25) is 0 Å². The van der Waals surface area contributed by atoms with Crippen LogP contribution < -0.4 is 16.8 Å². The van der Waals surface area contributed by atoms with Crippen molar-refractivity contribution in [2.75, 3.05) is 13.1 Å². The molecule has 0 amide bonds. The van der Waals surface area contributed by atoms with Crippen LogP contribution in [-0.4, -0.2) is 25.4 Å². The summed E-state index contributed by atoms with van der Waals surface area (Å²) >= 11 is 0. The molecule has 0 saturated carbocycles. The second-order valence-electron chi connectivity index (χ2n) is 1.44. The highest BCUT2D eigenvalue weighted by atomic mass is 15.0. The number of nitrogens with one attached hydrogen (secondary N) is 2. The van der Waals surface area contributed by atoms with E-state index in [-0.39, 0.29) is 5.96 Å². The highest BCUT2D eigenvalue weighted by molar-refractivity contribution is 5.71. The van der Waals surface area contributed by atoms with Gasteiger partial charge in [0.1, 0.15) is 0 Å². The lowest BCUT2D eigenvalue weighted by Gasteiger charge is -1.75. The fourth-order valence-corrected chi connectivity index (χ4v) is 0.323. The first-order chi connectivity index (χ1) is 4.23. The first-order valence-corrected chi connectivity index (χ1v) is 2.54. The van der Waals surface area contributed by atoms with Gasteiger partial charge in [-0.25, -0.2) is 0 Å². The molecule has 0 spiro atoms. The summed E-state index contributed by atoms with van der Waals surface area (Å²) in [5.74, 6) is -0.333. The smallest absolute Gasteiger partial charge is 0.183 e. The number of aliphatic imine (C=N–C) groups is 1. The lowest BCUT2D eigenvalue weighted by molar-refractivity contribution is 0.965. The van der Waals surface area contributed by atoms with Crippen molar-refractivity contribution in [2.24, 2.45) is 16.5 Å². The third-order valence-corrected chi connectivity index (χ3v) is 0.568. The quantitative estimate of drug-likeness (QED) is 0.235. The summed E-state index contributed by atoms with van der Waals surface area (Å²) in [5, 5.41) is 8.99. The number of hydrogen-bond donors (Lipinski definition) is 4. The van der Waals surface area contributed by atoms with Gasteiger partial charge < -0.3 is 16.8 Å². The number of rotatable bonds is 0. The second kappa shape index (κ2) is 4.89. The van der Waals surface area contributed by atoms with E-state index in [1.54, 1.807) is 6.34 Å². The molecule has 0 unspecified atom stereocenters. The molecule has 0 aromatic heterocycles. The Balaban J connectivity index is 0.000000148. The zero-order valence-electron chi connectivity index (χ0n) is 5.09. The van der Waals surface area contributed by atoms with Crippen LogP contribution in [0.2, 0.25) is 0 Å². The molecule has 0 saturated heterocycles. The summed E-state index contributed by atoms with van der Waals surface area (Å²) in [6.07, 6.45) is 1.74. The van der Waals surface area contributed by atoms with Crippen LogP contribution in [0.5, 0.6) is 0 Å². The molecule has 1 heterocycles. The van der Waals surface area contributed by atoms with Crippen LogP contribution in [0.1, 0.15) is 0 Å². The van der Waals surface area contributed by atoms with Crippen molar-refractivity contribution in [1.29, 1.82) is 5.41 Å². The number of nitrogens with zero attached hydrogens (tertiary/aromatic N) is 1. The summed E-state index contributed by atoms with van der Waals surface area (Å²) < 4.78 is 0. The number of hydrogen-bond acceptors (Lipinski definition) is 3. The molecule has 6 N–H and O–H groups in total. The highest BCUT2D eigenvalue weighted by Crippen LogP contribution is 1.68. The summed E-state index contributed by atoms with van der Waals surface area (Å²) in [7, 11) is 0. The minimum atomic E-state index is -0.333. The molecule has 0 bridgehead atoms. The van der Waals surface area contributed by atoms with Gasteiger partial charge in [-0.15, -0.1) is 0 Å². The molecule has 0 aliphatic carbocycles. The zero-order valence-corrected chi connectivity index (χ0v) is 5.09. The van der Waals surface area contributed by atoms with Gasteiger partial charge in [-0.1, -0.05) is 0 Å². The predicted octanol–water partition coefficient (Wildman–Crippen LogP) is -1.54. The van der Waals surface area contributed by atoms with E-state index in [2.05, 4.69) is 21.8 Å². The van der Waals surface area contributed by atoms with Gasteiger partial charge in [-0.05, 0) is 0 Å². The third-order valence-electron chi connectivity index (χ3n) is 0.568. The molecule has 1 aliphatic heterocycles. The van der Waals surface area contributed by atoms with Crippen molar-refractivity contribution in [2.45, 2.75) is 0 Å².